The molecule has 0 unspecified atom stereocenters. The van der Waals surface area contributed by atoms with Crippen LogP contribution in [-0.4, -0.2) is 18.1 Å². The summed E-state index contributed by atoms with van der Waals surface area (Å²) >= 11 is 0. The van der Waals surface area contributed by atoms with Crippen molar-refractivity contribution in [3.63, 3.8) is 0 Å². The van der Waals surface area contributed by atoms with Gasteiger partial charge in [-0.15, -0.1) is 0 Å². The van der Waals surface area contributed by atoms with Crippen molar-refractivity contribution < 1.29 is 0 Å². The largest absolute Gasteiger partial charge is 0.371 e. The Morgan fingerprint density at radius 2 is 2.19 bits per heavy atom. The molecular formula is C17H17N3O. The lowest BCUT2D eigenvalue weighted by Crippen LogP contribution is -2.19. The first kappa shape index (κ1) is 13.4. The number of rotatable bonds is 2. The molecule has 0 radical (unpaired) electrons. The number of nitrogens with one attached hydrogen (secondary N) is 1. The van der Waals surface area contributed by atoms with Crippen LogP contribution in [0.4, 0.5) is 5.69 Å². The Bertz CT molecular complexity index is 799. The van der Waals surface area contributed by atoms with E-state index in [1.165, 1.54) is 11.3 Å². The number of likely N-dealkylation sites (N-methyl/N-ethyl adjacent to an activating group) is 1. The summed E-state index contributed by atoms with van der Waals surface area (Å²) in [6.45, 7) is 6.02. The van der Waals surface area contributed by atoms with Gasteiger partial charge in [-0.2, -0.15) is 5.26 Å². The molecule has 1 aromatic carbocycles. The van der Waals surface area contributed by atoms with Crippen LogP contribution in [0.3, 0.4) is 0 Å². The van der Waals surface area contributed by atoms with Gasteiger partial charge < -0.3 is 9.88 Å². The number of aromatic amines is 1. The zero-order valence-electron chi connectivity index (χ0n) is 12.2. The van der Waals surface area contributed by atoms with Gasteiger partial charge in [-0.25, -0.2) is 0 Å². The highest BCUT2D eigenvalue weighted by Gasteiger charge is 2.19. The number of H-pyrrole nitrogens is 1. The van der Waals surface area contributed by atoms with E-state index in [0.29, 0.717) is 0 Å². The summed E-state index contributed by atoms with van der Waals surface area (Å²) in [4.78, 5) is 16.9. The second-order valence-corrected chi connectivity index (χ2v) is 5.36. The molecule has 0 fully saturated rings. The Morgan fingerprint density at radius 3 is 2.90 bits per heavy atom. The smallest absolute Gasteiger partial charge is 0.266 e. The summed E-state index contributed by atoms with van der Waals surface area (Å²) in [5.74, 6) is 0. The Labute approximate surface area is 123 Å². The molecule has 1 aliphatic heterocycles. The van der Waals surface area contributed by atoms with Crippen molar-refractivity contribution in [3.05, 3.63) is 51.4 Å². The number of aromatic nitrogens is 1. The molecule has 106 valence electrons. The first-order chi connectivity index (χ1) is 10.1. The van der Waals surface area contributed by atoms with E-state index in [1.807, 2.05) is 25.1 Å². The van der Waals surface area contributed by atoms with Crippen molar-refractivity contribution in [3.8, 4) is 17.2 Å². The molecule has 0 saturated carbocycles. The summed E-state index contributed by atoms with van der Waals surface area (Å²) in [7, 11) is 0. The van der Waals surface area contributed by atoms with Crippen molar-refractivity contribution in [2.45, 2.75) is 20.3 Å². The highest BCUT2D eigenvalue weighted by Crippen LogP contribution is 2.32. The normalized spacial score (nSPS) is 13.1. The Morgan fingerprint density at radius 1 is 1.38 bits per heavy atom. The SMILES string of the molecule is CCN1CCc2cc(-c3cc(C)[nH]c(=O)c3C#N)ccc21. The van der Waals surface area contributed by atoms with Crippen LogP contribution in [0.2, 0.25) is 0 Å². The minimum absolute atomic E-state index is 0.186. The fraction of sp³-hybridized carbons (Fsp3) is 0.294. The van der Waals surface area contributed by atoms with Gasteiger partial charge in [0, 0.05) is 30.0 Å². The van der Waals surface area contributed by atoms with Crippen molar-refractivity contribution >= 4 is 5.69 Å². The Kier molecular flexibility index (Phi) is 3.26. The predicted octanol–water partition coefficient (Wildman–Crippen LogP) is 2.60. The van der Waals surface area contributed by atoms with Crippen LogP contribution in [0.15, 0.2) is 29.1 Å². The minimum atomic E-state index is -0.316. The molecular weight excluding hydrogens is 262 g/mol. The molecule has 4 nitrogen and oxygen atoms in total. The van der Waals surface area contributed by atoms with Gasteiger partial charge >= 0.3 is 0 Å². The molecule has 0 spiro atoms. The third kappa shape index (κ3) is 2.21. The van der Waals surface area contributed by atoms with Crippen LogP contribution in [-0.2, 0) is 6.42 Å². The maximum atomic E-state index is 11.9. The van der Waals surface area contributed by atoms with Gasteiger partial charge in [0.05, 0.1) is 0 Å². The first-order valence-electron chi connectivity index (χ1n) is 7.16. The van der Waals surface area contributed by atoms with E-state index in [1.54, 1.807) is 0 Å². The lowest BCUT2D eigenvalue weighted by Gasteiger charge is -2.16. The molecule has 0 saturated heterocycles. The molecule has 3 rings (SSSR count). The lowest BCUT2D eigenvalue weighted by molar-refractivity contribution is 0.868. The molecule has 0 aliphatic carbocycles. The van der Waals surface area contributed by atoms with Crippen molar-refractivity contribution in [1.29, 1.82) is 5.26 Å². The predicted molar refractivity (Wildman–Crippen MR) is 83.5 cm³/mol. The third-order valence-corrected chi connectivity index (χ3v) is 4.04. The summed E-state index contributed by atoms with van der Waals surface area (Å²) in [6.07, 6.45) is 1.01. The van der Waals surface area contributed by atoms with Gasteiger partial charge in [-0.3, -0.25) is 4.79 Å². The van der Waals surface area contributed by atoms with E-state index >= 15 is 0 Å². The number of pyridine rings is 1. The number of nitrogens with zero attached hydrogens (tertiary/aromatic N) is 2. The number of anilines is 1. The number of hydrogen-bond donors (Lipinski definition) is 1. The topological polar surface area (TPSA) is 59.9 Å². The zero-order valence-corrected chi connectivity index (χ0v) is 12.2. The Hall–Kier alpha value is -2.54. The molecule has 21 heavy (non-hydrogen) atoms. The highest BCUT2D eigenvalue weighted by molar-refractivity contribution is 5.74. The number of benzene rings is 1. The van der Waals surface area contributed by atoms with E-state index in [2.05, 4.69) is 28.9 Å². The van der Waals surface area contributed by atoms with Gasteiger partial charge in [-0.05, 0) is 49.6 Å². The van der Waals surface area contributed by atoms with E-state index in [9.17, 15) is 10.1 Å². The van der Waals surface area contributed by atoms with Gasteiger partial charge in [0.25, 0.3) is 5.56 Å². The summed E-state index contributed by atoms with van der Waals surface area (Å²) in [5, 5.41) is 9.25. The van der Waals surface area contributed by atoms with Crippen LogP contribution in [0.1, 0.15) is 23.7 Å². The monoisotopic (exact) mass is 279 g/mol. The quantitative estimate of drug-likeness (QED) is 0.919. The standard InChI is InChI=1S/C17H17N3O/c1-3-20-7-6-13-9-12(4-5-16(13)20)14-8-11(2)19-17(21)15(14)10-18/h4-5,8-9H,3,6-7H2,1-2H3,(H,19,21). The number of hydrogen-bond acceptors (Lipinski definition) is 3. The minimum Gasteiger partial charge on any atom is -0.371 e. The summed E-state index contributed by atoms with van der Waals surface area (Å²) < 4.78 is 0. The van der Waals surface area contributed by atoms with Gasteiger partial charge in [0.2, 0.25) is 0 Å². The van der Waals surface area contributed by atoms with E-state index in [4.69, 9.17) is 0 Å². The lowest BCUT2D eigenvalue weighted by atomic mass is 9.98. The van der Waals surface area contributed by atoms with Crippen molar-refractivity contribution in [1.82, 2.24) is 4.98 Å². The fourth-order valence-corrected chi connectivity index (χ4v) is 2.99. The average molecular weight is 279 g/mol. The van der Waals surface area contributed by atoms with Crippen molar-refractivity contribution in [2.75, 3.05) is 18.0 Å². The first-order valence-corrected chi connectivity index (χ1v) is 7.16. The Balaban J connectivity index is 2.15. The van der Waals surface area contributed by atoms with Gasteiger partial charge in [0.15, 0.2) is 0 Å². The van der Waals surface area contributed by atoms with E-state index < -0.39 is 0 Å². The average Bonchev–Trinajstić information content (AvgIpc) is 2.88. The summed E-state index contributed by atoms with van der Waals surface area (Å²) in [6, 6.07) is 10.1. The number of fused-ring (bicyclic) bond motifs is 1. The zero-order chi connectivity index (χ0) is 15.0. The van der Waals surface area contributed by atoms with Gasteiger partial charge in [0.1, 0.15) is 11.6 Å². The highest BCUT2D eigenvalue weighted by atomic mass is 16.1. The van der Waals surface area contributed by atoms with Crippen molar-refractivity contribution in [2.24, 2.45) is 0 Å². The number of aryl methyl sites for hydroxylation is 1. The molecule has 2 aromatic rings. The molecule has 2 heterocycles. The second kappa shape index (κ2) is 5.10. The fourth-order valence-electron chi connectivity index (χ4n) is 2.99. The van der Waals surface area contributed by atoms with E-state index in [0.717, 1.165) is 36.3 Å². The molecule has 0 amide bonds. The van der Waals surface area contributed by atoms with Crippen LogP contribution in [0, 0.1) is 18.3 Å². The van der Waals surface area contributed by atoms with Crippen LogP contribution >= 0.6 is 0 Å². The molecule has 1 aliphatic rings. The molecule has 1 aromatic heterocycles. The number of nitriles is 1. The van der Waals surface area contributed by atoms with E-state index in [-0.39, 0.29) is 11.1 Å². The van der Waals surface area contributed by atoms with Crippen LogP contribution in [0.5, 0.6) is 0 Å². The summed E-state index contributed by atoms with van der Waals surface area (Å²) in [5.41, 5.74) is 4.85. The van der Waals surface area contributed by atoms with Gasteiger partial charge in [-0.1, -0.05) is 6.07 Å². The maximum Gasteiger partial charge on any atom is 0.266 e. The molecule has 0 atom stereocenters. The van der Waals surface area contributed by atoms with Crippen LogP contribution in [0.25, 0.3) is 11.1 Å². The second-order valence-electron chi connectivity index (χ2n) is 5.36. The molecule has 1 N–H and O–H groups in total. The molecule has 4 heteroatoms. The maximum absolute atomic E-state index is 11.9. The van der Waals surface area contributed by atoms with Crippen LogP contribution < -0.4 is 10.5 Å². The molecule has 0 bridgehead atoms. The third-order valence-electron chi connectivity index (χ3n) is 4.04.